The van der Waals surface area contributed by atoms with E-state index in [1.54, 1.807) is 0 Å². The number of thioether (sulfide) groups is 1. The highest BCUT2D eigenvalue weighted by Crippen LogP contribution is 2.27. The van der Waals surface area contributed by atoms with Crippen molar-refractivity contribution in [3.8, 4) is 5.69 Å². The van der Waals surface area contributed by atoms with Crippen LogP contribution < -0.4 is 0 Å². The van der Waals surface area contributed by atoms with Crippen molar-refractivity contribution in [3.05, 3.63) is 71.0 Å². The van der Waals surface area contributed by atoms with E-state index in [9.17, 15) is 9.59 Å². The van der Waals surface area contributed by atoms with E-state index in [-0.39, 0.29) is 23.5 Å². The lowest BCUT2D eigenvalue weighted by atomic mass is 9.97. The van der Waals surface area contributed by atoms with Gasteiger partial charge in [0.15, 0.2) is 5.16 Å². The van der Waals surface area contributed by atoms with Crippen LogP contribution in [0, 0.1) is 19.8 Å². The molecule has 2 heterocycles. The molecule has 0 N–H and O–H groups in total. The first kappa shape index (κ1) is 25.0. The predicted octanol–water partition coefficient (Wildman–Crippen LogP) is 4.37. The molecule has 4 rings (SSSR count). The Hall–Kier alpha value is -3.13. The Morgan fingerprint density at radius 3 is 2.49 bits per heavy atom. The first-order valence-electron chi connectivity index (χ1n) is 12.1. The summed E-state index contributed by atoms with van der Waals surface area (Å²) in [6.45, 7) is 7.52. The Kier molecular flexibility index (Phi) is 8.23. The maximum atomic E-state index is 13.0. The van der Waals surface area contributed by atoms with Gasteiger partial charge in [0.05, 0.1) is 24.0 Å². The van der Waals surface area contributed by atoms with E-state index in [2.05, 4.69) is 58.9 Å². The van der Waals surface area contributed by atoms with Crippen molar-refractivity contribution in [2.45, 2.75) is 45.2 Å². The molecule has 3 aromatic rings. The molecule has 8 heteroatoms. The second-order valence-corrected chi connectivity index (χ2v) is 9.82. The van der Waals surface area contributed by atoms with E-state index >= 15 is 0 Å². The molecule has 1 amide bonds. The molecule has 1 aromatic heterocycles. The van der Waals surface area contributed by atoms with Crippen LogP contribution >= 0.6 is 11.8 Å². The summed E-state index contributed by atoms with van der Waals surface area (Å²) < 4.78 is 7.21. The summed E-state index contributed by atoms with van der Waals surface area (Å²) in [6, 6.07) is 16.5. The number of aryl methyl sites for hydroxylation is 2. The van der Waals surface area contributed by atoms with Crippen molar-refractivity contribution in [2.75, 3.05) is 25.4 Å². The maximum absolute atomic E-state index is 13.0. The van der Waals surface area contributed by atoms with Gasteiger partial charge in [-0.1, -0.05) is 59.8 Å². The number of hydrogen-bond donors (Lipinski definition) is 0. The van der Waals surface area contributed by atoms with Crippen LogP contribution in [0.15, 0.2) is 53.7 Å². The van der Waals surface area contributed by atoms with Crippen LogP contribution in [0.2, 0.25) is 0 Å². The van der Waals surface area contributed by atoms with Crippen molar-refractivity contribution in [2.24, 2.45) is 5.92 Å². The normalized spacial score (nSPS) is 14.2. The first-order valence-corrected chi connectivity index (χ1v) is 13.1. The van der Waals surface area contributed by atoms with Gasteiger partial charge in [-0.2, -0.15) is 0 Å². The van der Waals surface area contributed by atoms with Crippen LogP contribution in [0.4, 0.5) is 0 Å². The molecule has 1 aliphatic rings. The second-order valence-electron chi connectivity index (χ2n) is 8.88. The number of benzene rings is 2. The first-order chi connectivity index (χ1) is 17.0. The minimum absolute atomic E-state index is 0.0529. The molecule has 1 aliphatic heterocycles. The number of rotatable bonds is 8. The zero-order valence-corrected chi connectivity index (χ0v) is 21.4. The van der Waals surface area contributed by atoms with Gasteiger partial charge >= 0.3 is 5.97 Å². The van der Waals surface area contributed by atoms with Gasteiger partial charge in [-0.15, -0.1) is 10.2 Å². The minimum Gasteiger partial charge on any atom is -0.466 e. The van der Waals surface area contributed by atoms with E-state index in [0.29, 0.717) is 44.1 Å². The SMILES string of the molecule is CCOC(=O)C1CCN(C(=O)CSc2nnc(Cc3ccccc3)n2-c2ccc(C)cc2C)CC1. The maximum Gasteiger partial charge on any atom is 0.309 e. The lowest BCUT2D eigenvalue weighted by Crippen LogP contribution is -2.41. The number of ether oxygens (including phenoxy) is 1. The third-order valence-corrected chi connectivity index (χ3v) is 7.20. The summed E-state index contributed by atoms with van der Waals surface area (Å²) in [5.41, 5.74) is 4.51. The van der Waals surface area contributed by atoms with E-state index < -0.39 is 0 Å². The molecule has 0 saturated carbocycles. The lowest BCUT2D eigenvalue weighted by Gasteiger charge is -2.30. The highest BCUT2D eigenvalue weighted by molar-refractivity contribution is 7.99. The fraction of sp³-hybridized carbons (Fsp3) is 0.407. The van der Waals surface area contributed by atoms with Crippen LogP contribution in [0.3, 0.4) is 0 Å². The van der Waals surface area contributed by atoms with Gasteiger partial charge in [0.25, 0.3) is 0 Å². The number of carbonyl (C=O) groups excluding carboxylic acids is 2. The molecule has 0 unspecified atom stereocenters. The van der Waals surface area contributed by atoms with Crippen molar-refractivity contribution in [1.29, 1.82) is 0 Å². The molecule has 184 valence electrons. The van der Waals surface area contributed by atoms with Gasteiger partial charge < -0.3 is 9.64 Å². The zero-order valence-electron chi connectivity index (χ0n) is 20.6. The topological polar surface area (TPSA) is 77.3 Å². The number of amides is 1. The van der Waals surface area contributed by atoms with Crippen molar-refractivity contribution < 1.29 is 14.3 Å². The number of piperidine rings is 1. The number of hydrogen-bond acceptors (Lipinski definition) is 6. The van der Waals surface area contributed by atoms with Crippen LogP contribution in [-0.2, 0) is 20.7 Å². The monoisotopic (exact) mass is 492 g/mol. The number of esters is 1. The predicted molar refractivity (Wildman–Crippen MR) is 137 cm³/mol. The van der Waals surface area contributed by atoms with Crippen LogP contribution in [0.25, 0.3) is 5.69 Å². The fourth-order valence-electron chi connectivity index (χ4n) is 4.43. The van der Waals surface area contributed by atoms with Crippen molar-refractivity contribution in [1.82, 2.24) is 19.7 Å². The zero-order chi connectivity index (χ0) is 24.8. The van der Waals surface area contributed by atoms with E-state index in [1.807, 2.05) is 30.0 Å². The Balaban J connectivity index is 1.48. The van der Waals surface area contributed by atoms with Gasteiger partial charge in [0.2, 0.25) is 5.91 Å². The van der Waals surface area contributed by atoms with Gasteiger partial charge in [0, 0.05) is 19.5 Å². The molecule has 0 atom stereocenters. The number of aromatic nitrogens is 3. The fourth-order valence-corrected chi connectivity index (χ4v) is 5.29. The average molecular weight is 493 g/mol. The van der Waals surface area contributed by atoms with E-state index in [0.717, 1.165) is 22.6 Å². The Bertz CT molecular complexity index is 1170. The molecule has 35 heavy (non-hydrogen) atoms. The van der Waals surface area contributed by atoms with Gasteiger partial charge in [-0.05, 0) is 50.8 Å². The van der Waals surface area contributed by atoms with Crippen molar-refractivity contribution >= 4 is 23.6 Å². The molecule has 1 fully saturated rings. The third-order valence-electron chi connectivity index (χ3n) is 6.29. The molecular weight excluding hydrogens is 460 g/mol. The number of nitrogens with zero attached hydrogens (tertiary/aromatic N) is 4. The molecule has 0 radical (unpaired) electrons. The molecular formula is C27H32N4O3S. The van der Waals surface area contributed by atoms with Gasteiger partial charge in [-0.3, -0.25) is 14.2 Å². The summed E-state index contributed by atoms with van der Waals surface area (Å²) in [5.74, 6) is 0.907. The number of carbonyl (C=O) groups is 2. The standard InChI is InChI=1S/C27H32N4O3S/c1-4-34-26(33)22-12-14-30(15-13-22)25(32)18-35-27-29-28-24(17-21-8-6-5-7-9-21)31(27)23-11-10-19(2)16-20(23)3/h5-11,16,22H,4,12-15,17-18H2,1-3H3. The summed E-state index contributed by atoms with van der Waals surface area (Å²) in [7, 11) is 0. The molecule has 2 aromatic carbocycles. The summed E-state index contributed by atoms with van der Waals surface area (Å²) >= 11 is 1.41. The average Bonchev–Trinajstić information content (AvgIpc) is 3.25. The van der Waals surface area contributed by atoms with Crippen molar-refractivity contribution in [3.63, 3.8) is 0 Å². The Morgan fingerprint density at radius 2 is 1.80 bits per heavy atom. The Labute approximate surface area is 210 Å². The van der Waals surface area contributed by atoms with Crippen LogP contribution in [0.1, 0.15) is 42.3 Å². The number of likely N-dealkylation sites (tertiary alicyclic amines) is 1. The smallest absolute Gasteiger partial charge is 0.309 e. The highest BCUT2D eigenvalue weighted by Gasteiger charge is 2.28. The molecule has 0 spiro atoms. The summed E-state index contributed by atoms with van der Waals surface area (Å²) in [6.07, 6.45) is 1.95. The largest absolute Gasteiger partial charge is 0.466 e. The molecule has 1 saturated heterocycles. The lowest BCUT2D eigenvalue weighted by molar-refractivity contribution is -0.151. The van der Waals surface area contributed by atoms with E-state index in [1.165, 1.54) is 17.3 Å². The van der Waals surface area contributed by atoms with Crippen LogP contribution in [0.5, 0.6) is 0 Å². The van der Waals surface area contributed by atoms with E-state index in [4.69, 9.17) is 4.74 Å². The molecule has 7 nitrogen and oxygen atoms in total. The summed E-state index contributed by atoms with van der Waals surface area (Å²) in [4.78, 5) is 26.8. The highest BCUT2D eigenvalue weighted by atomic mass is 32.2. The van der Waals surface area contributed by atoms with Gasteiger partial charge in [0.1, 0.15) is 5.82 Å². The van der Waals surface area contributed by atoms with Gasteiger partial charge in [-0.25, -0.2) is 0 Å². The second kappa shape index (κ2) is 11.5. The Morgan fingerprint density at radius 1 is 1.06 bits per heavy atom. The minimum atomic E-state index is -0.151. The molecule has 0 bridgehead atoms. The van der Waals surface area contributed by atoms with Crippen LogP contribution in [-0.4, -0.2) is 57.0 Å². The third kappa shape index (κ3) is 6.11. The molecule has 0 aliphatic carbocycles. The summed E-state index contributed by atoms with van der Waals surface area (Å²) in [5, 5.41) is 9.68. The quantitative estimate of drug-likeness (QED) is 0.343.